The van der Waals surface area contributed by atoms with Crippen molar-refractivity contribution in [1.29, 1.82) is 0 Å². The summed E-state index contributed by atoms with van der Waals surface area (Å²) in [4.78, 5) is 12.3. The molecule has 0 bridgehead atoms. The van der Waals surface area contributed by atoms with E-state index in [9.17, 15) is 4.79 Å². The molecule has 0 spiro atoms. The van der Waals surface area contributed by atoms with E-state index in [-0.39, 0.29) is 11.3 Å². The van der Waals surface area contributed by atoms with Crippen LogP contribution in [0.3, 0.4) is 0 Å². The minimum Gasteiger partial charge on any atom is -0.352 e. The molecule has 2 N–H and O–H groups in total. The highest BCUT2D eigenvalue weighted by atomic mass is 32.2. The third-order valence-electron chi connectivity index (χ3n) is 4.24. The number of amides is 1. The average molecular weight is 256 g/mol. The van der Waals surface area contributed by atoms with Gasteiger partial charge < -0.3 is 10.6 Å². The van der Waals surface area contributed by atoms with Gasteiger partial charge in [0.05, 0.1) is 5.41 Å². The van der Waals surface area contributed by atoms with Crippen molar-refractivity contribution in [1.82, 2.24) is 10.6 Å². The molecule has 98 valence electrons. The Hall–Kier alpha value is -0.220. The van der Waals surface area contributed by atoms with E-state index in [1.165, 1.54) is 19.3 Å². The van der Waals surface area contributed by atoms with Crippen molar-refractivity contribution in [2.45, 2.75) is 50.3 Å². The van der Waals surface area contributed by atoms with Crippen LogP contribution in [-0.2, 0) is 4.79 Å². The van der Waals surface area contributed by atoms with Gasteiger partial charge in [0, 0.05) is 17.8 Å². The van der Waals surface area contributed by atoms with Crippen molar-refractivity contribution >= 4 is 17.7 Å². The van der Waals surface area contributed by atoms with Crippen LogP contribution in [0.1, 0.15) is 39.0 Å². The van der Waals surface area contributed by atoms with Crippen LogP contribution in [0.15, 0.2) is 0 Å². The van der Waals surface area contributed by atoms with E-state index < -0.39 is 0 Å². The molecule has 1 heterocycles. The first-order valence-corrected chi connectivity index (χ1v) is 7.99. The van der Waals surface area contributed by atoms with Crippen LogP contribution in [0, 0.1) is 5.41 Å². The second-order valence-corrected chi connectivity index (χ2v) is 6.70. The summed E-state index contributed by atoms with van der Waals surface area (Å²) >= 11 is 1.91. The molecule has 3 unspecified atom stereocenters. The van der Waals surface area contributed by atoms with Crippen molar-refractivity contribution in [2.24, 2.45) is 5.41 Å². The predicted octanol–water partition coefficient (Wildman–Crippen LogP) is 1.78. The van der Waals surface area contributed by atoms with Crippen molar-refractivity contribution in [3.63, 3.8) is 0 Å². The van der Waals surface area contributed by atoms with E-state index in [1.807, 2.05) is 11.8 Å². The fraction of sp³-hybridized carbons (Fsp3) is 0.923. The minimum absolute atomic E-state index is 0.180. The Bertz CT molecular complexity index is 277. The fourth-order valence-electron chi connectivity index (χ4n) is 2.90. The summed E-state index contributed by atoms with van der Waals surface area (Å²) in [7, 11) is 0. The number of carbonyl (C=O) groups excluding carboxylic acids is 1. The molecule has 1 aliphatic carbocycles. The Balaban J connectivity index is 1.92. The molecule has 0 aromatic rings. The van der Waals surface area contributed by atoms with Gasteiger partial charge in [-0.25, -0.2) is 0 Å². The molecule has 17 heavy (non-hydrogen) atoms. The molecule has 3 nitrogen and oxygen atoms in total. The van der Waals surface area contributed by atoms with Crippen LogP contribution < -0.4 is 10.6 Å². The highest BCUT2D eigenvalue weighted by molar-refractivity contribution is 7.99. The first-order valence-electron chi connectivity index (χ1n) is 6.70. The van der Waals surface area contributed by atoms with Gasteiger partial charge in [-0.15, -0.1) is 0 Å². The molecule has 1 saturated carbocycles. The monoisotopic (exact) mass is 256 g/mol. The molecule has 2 aliphatic rings. The van der Waals surface area contributed by atoms with Crippen LogP contribution in [0.5, 0.6) is 0 Å². The summed E-state index contributed by atoms with van der Waals surface area (Å²) in [6.45, 7) is 3.88. The number of hydrogen-bond donors (Lipinski definition) is 2. The zero-order valence-electron chi connectivity index (χ0n) is 10.9. The van der Waals surface area contributed by atoms with Crippen LogP contribution >= 0.6 is 11.8 Å². The number of thioether (sulfide) groups is 1. The lowest BCUT2D eigenvalue weighted by atomic mass is 9.87. The first-order chi connectivity index (χ1) is 8.15. The normalized spacial score (nSPS) is 38.0. The largest absolute Gasteiger partial charge is 0.352 e. The molecule has 1 saturated heterocycles. The highest BCUT2D eigenvalue weighted by Crippen LogP contribution is 2.30. The average Bonchev–Trinajstić information content (AvgIpc) is 2.78. The number of rotatable bonds is 3. The van der Waals surface area contributed by atoms with Crippen molar-refractivity contribution < 1.29 is 4.79 Å². The summed E-state index contributed by atoms with van der Waals surface area (Å²) < 4.78 is 0. The van der Waals surface area contributed by atoms with Gasteiger partial charge in [-0.3, -0.25) is 4.79 Å². The fourth-order valence-corrected chi connectivity index (χ4v) is 3.83. The minimum atomic E-state index is -0.180. The first kappa shape index (κ1) is 13.2. The van der Waals surface area contributed by atoms with Crippen LogP contribution in [0.2, 0.25) is 0 Å². The maximum Gasteiger partial charge on any atom is 0.227 e. The van der Waals surface area contributed by atoms with E-state index in [2.05, 4.69) is 23.8 Å². The number of nitrogens with one attached hydrogen (secondary N) is 2. The molecule has 1 amide bonds. The number of hydrogen-bond acceptors (Lipinski definition) is 3. The van der Waals surface area contributed by atoms with Crippen molar-refractivity contribution in [3.05, 3.63) is 0 Å². The Morgan fingerprint density at radius 2 is 2.18 bits per heavy atom. The molecule has 3 atom stereocenters. The van der Waals surface area contributed by atoms with Crippen molar-refractivity contribution in [3.8, 4) is 0 Å². The van der Waals surface area contributed by atoms with E-state index >= 15 is 0 Å². The van der Waals surface area contributed by atoms with Gasteiger partial charge in [-0.1, -0.05) is 12.8 Å². The lowest BCUT2D eigenvalue weighted by Gasteiger charge is -2.33. The summed E-state index contributed by atoms with van der Waals surface area (Å²) in [6.07, 6.45) is 8.11. The van der Waals surface area contributed by atoms with Gasteiger partial charge >= 0.3 is 0 Å². The second-order valence-electron chi connectivity index (χ2n) is 5.63. The Morgan fingerprint density at radius 1 is 1.41 bits per heavy atom. The molecule has 4 heteroatoms. The Labute approximate surface area is 108 Å². The summed E-state index contributed by atoms with van der Waals surface area (Å²) in [5, 5.41) is 7.21. The van der Waals surface area contributed by atoms with Crippen LogP contribution in [0.4, 0.5) is 0 Å². The summed E-state index contributed by atoms with van der Waals surface area (Å²) in [6, 6.07) is 0.392. The van der Waals surface area contributed by atoms with Gasteiger partial charge in [-0.05, 0) is 39.0 Å². The lowest BCUT2D eigenvalue weighted by molar-refractivity contribution is -0.130. The Morgan fingerprint density at radius 3 is 2.82 bits per heavy atom. The van der Waals surface area contributed by atoms with E-state index in [1.54, 1.807) is 0 Å². The van der Waals surface area contributed by atoms with Gasteiger partial charge in [-0.2, -0.15) is 11.8 Å². The van der Waals surface area contributed by atoms with Crippen LogP contribution in [0.25, 0.3) is 0 Å². The predicted molar refractivity (Wildman–Crippen MR) is 73.3 cm³/mol. The number of carbonyl (C=O) groups is 1. The molecule has 0 aromatic heterocycles. The highest BCUT2D eigenvalue weighted by Gasteiger charge is 2.38. The smallest absolute Gasteiger partial charge is 0.227 e. The van der Waals surface area contributed by atoms with Gasteiger partial charge in [0.2, 0.25) is 5.91 Å². The second kappa shape index (κ2) is 5.61. The van der Waals surface area contributed by atoms with E-state index in [0.29, 0.717) is 11.3 Å². The Kier molecular flexibility index (Phi) is 4.36. The molecule has 0 radical (unpaired) electrons. The van der Waals surface area contributed by atoms with E-state index in [0.717, 1.165) is 25.9 Å². The lowest BCUT2D eigenvalue weighted by Crippen LogP contribution is -2.49. The standard InChI is InChI=1S/C13H24N2OS/c1-13(7-8-14-9-13)12(16)15-10-5-3-4-6-11(10)17-2/h10-11,14H,3-9H2,1-2H3,(H,15,16). The van der Waals surface area contributed by atoms with Gasteiger partial charge in [0.1, 0.15) is 0 Å². The third-order valence-corrected chi connectivity index (χ3v) is 5.41. The molecule has 2 rings (SSSR count). The zero-order chi connectivity index (χ0) is 12.3. The van der Waals surface area contributed by atoms with Crippen LogP contribution in [-0.4, -0.2) is 36.5 Å². The molecule has 0 aromatic carbocycles. The topological polar surface area (TPSA) is 41.1 Å². The summed E-state index contributed by atoms with van der Waals surface area (Å²) in [5.41, 5.74) is -0.180. The van der Waals surface area contributed by atoms with Gasteiger partial charge in [0.25, 0.3) is 0 Å². The SMILES string of the molecule is CSC1CCCCC1NC(=O)C1(C)CCNC1. The van der Waals surface area contributed by atoms with Crippen molar-refractivity contribution in [2.75, 3.05) is 19.3 Å². The van der Waals surface area contributed by atoms with Gasteiger partial charge in [0.15, 0.2) is 0 Å². The third kappa shape index (κ3) is 2.97. The molecule has 1 aliphatic heterocycles. The quantitative estimate of drug-likeness (QED) is 0.809. The summed E-state index contributed by atoms with van der Waals surface area (Å²) in [5.74, 6) is 0.258. The maximum absolute atomic E-state index is 12.3. The maximum atomic E-state index is 12.3. The molecule has 2 fully saturated rings. The zero-order valence-corrected chi connectivity index (χ0v) is 11.7. The molecular weight excluding hydrogens is 232 g/mol. The molecular formula is C13H24N2OS. The van der Waals surface area contributed by atoms with E-state index in [4.69, 9.17) is 0 Å².